The highest BCUT2D eigenvalue weighted by Gasteiger charge is 2.23. The molecule has 0 heterocycles. The maximum absolute atomic E-state index is 10.2. The summed E-state index contributed by atoms with van der Waals surface area (Å²) < 4.78 is 5.41. The Bertz CT molecular complexity index is 378. The molecule has 0 bridgehead atoms. The molecule has 0 saturated heterocycles. The van der Waals surface area contributed by atoms with Gasteiger partial charge in [-0.25, -0.2) is 0 Å². The van der Waals surface area contributed by atoms with Crippen LogP contribution in [-0.2, 0) is 6.54 Å². The van der Waals surface area contributed by atoms with E-state index in [-0.39, 0.29) is 11.3 Å². The van der Waals surface area contributed by atoms with Gasteiger partial charge in [0.1, 0.15) is 0 Å². The summed E-state index contributed by atoms with van der Waals surface area (Å²) in [7, 11) is 0. The van der Waals surface area contributed by atoms with E-state index in [4.69, 9.17) is 4.74 Å². The SMILES string of the molecule is CCOc1cccc(CNC(CC)(CC)CC)c1O. The minimum absolute atomic E-state index is 0.161. The zero-order chi connectivity index (χ0) is 14.3. The molecule has 0 fully saturated rings. The van der Waals surface area contributed by atoms with Crippen molar-refractivity contribution in [1.29, 1.82) is 0 Å². The molecule has 19 heavy (non-hydrogen) atoms. The van der Waals surface area contributed by atoms with Crippen molar-refractivity contribution in [2.75, 3.05) is 6.61 Å². The average molecular weight is 265 g/mol. The van der Waals surface area contributed by atoms with E-state index in [1.165, 1.54) is 0 Å². The van der Waals surface area contributed by atoms with Crippen LogP contribution in [0.5, 0.6) is 11.5 Å². The van der Waals surface area contributed by atoms with Gasteiger partial charge in [0, 0.05) is 17.6 Å². The summed E-state index contributed by atoms with van der Waals surface area (Å²) in [5, 5.41) is 13.8. The molecule has 0 atom stereocenters. The van der Waals surface area contributed by atoms with Gasteiger partial charge in [0.2, 0.25) is 0 Å². The Morgan fingerprint density at radius 3 is 2.26 bits per heavy atom. The molecule has 0 aliphatic heterocycles. The molecule has 0 amide bonds. The third-order valence-electron chi connectivity index (χ3n) is 4.07. The third-order valence-corrected chi connectivity index (χ3v) is 4.07. The topological polar surface area (TPSA) is 41.5 Å². The van der Waals surface area contributed by atoms with Gasteiger partial charge in [-0.15, -0.1) is 0 Å². The van der Waals surface area contributed by atoms with E-state index in [9.17, 15) is 5.11 Å². The molecule has 2 N–H and O–H groups in total. The van der Waals surface area contributed by atoms with Crippen molar-refractivity contribution in [2.24, 2.45) is 0 Å². The van der Waals surface area contributed by atoms with Crippen LogP contribution in [0.15, 0.2) is 18.2 Å². The van der Waals surface area contributed by atoms with Crippen LogP contribution in [0.25, 0.3) is 0 Å². The lowest BCUT2D eigenvalue weighted by Crippen LogP contribution is -2.43. The molecule has 0 aliphatic rings. The van der Waals surface area contributed by atoms with Gasteiger partial charge in [-0.2, -0.15) is 0 Å². The fourth-order valence-electron chi connectivity index (χ4n) is 2.39. The monoisotopic (exact) mass is 265 g/mol. The number of phenols is 1. The smallest absolute Gasteiger partial charge is 0.162 e. The molecule has 1 rings (SSSR count). The van der Waals surface area contributed by atoms with E-state index < -0.39 is 0 Å². The molecular weight excluding hydrogens is 238 g/mol. The molecule has 0 spiro atoms. The Labute approximate surface area is 117 Å². The zero-order valence-electron chi connectivity index (χ0n) is 12.6. The minimum atomic E-state index is 0.161. The van der Waals surface area contributed by atoms with Crippen LogP contribution in [-0.4, -0.2) is 17.3 Å². The molecule has 3 heteroatoms. The summed E-state index contributed by atoms with van der Waals surface area (Å²) in [6, 6.07) is 5.67. The van der Waals surface area contributed by atoms with Crippen LogP contribution in [0.1, 0.15) is 52.5 Å². The van der Waals surface area contributed by atoms with E-state index in [2.05, 4.69) is 26.1 Å². The third kappa shape index (κ3) is 3.87. The second-order valence-electron chi connectivity index (χ2n) is 4.89. The number of benzene rings is 1. The van der Waals surface area contributed by atoms with Gasteiger partial charge in [0.15, 0.2) is 11.5 Å². The first-order chi connectivity index (χ1) is 9.12. The van der Waals surface area contributed by atoms with E-state index in [0.29, 0.717) is 18.9 Å². The molecule has 0 radical (unpaired) electrons. The number of ether oxygens (including phenoxy) is 1. The minimum Gasteiger partial charge on any atom is -0.504 e. The average Bonchev–Trinajstić information content (AvgIpc) is 2.45. The Hall–Kier alpha value is -1.22. The van der Waals surface area contributed by atoms with Gasteiger partial charge < -0.3 is 15.2 Å². The predicted octanol–water partition coefficient (Wildman–Crippen LogP) is 3.85. The largest absolute Gasteiger partial charge is 0.504 e. The van der Waals surface area contributed by atoms with Crippen LogP contribution < -0.4 is 10.1 Å². The molecule has 3 nitrogen and oxygen atoms in total. The highest BCUT2D eigenvalue weighted by molar-refractivity contribution is 5.45. The molecule has 0 aliphatic carbocycles. The molecule has 0 saturated carbocycles. The number of nitrogens with one attached hydrogen (secondary N) is 1. The quantitative estimate of drug-likeness (QED) is 0.750. The summed E-state index contributed by atoms with van der Waals surface area (Å²) in [6.07, 6.45) is 3.27. The van der Waals surface area contributed by atoms with Crippen LogP contribution in [0.3, 0.4) is 0 Å². The first kappa shape index (κ1) is 15.8. The first-order valence-electron chi connectivity index (χ1n) is 7.31. The van der Waals surface area contributed by atoms with Crippen LogP contribution >= 0.6 is 0 Å². The van der Waals surface area contributed by atoms with Crippen molar-refractivity contribution < 1.29 is 9.84 Å². The number of para-hydroxylation sites is 1. The molecule has 1 aromatic rings. The lowest BCUT2D eigenvalue weighted by atomic mass is 9.89. The summed E-state index contributed by atoms with van der Waals surface area (Å²) >= 11 is 0. The second kappa shape index (κ2) is 7.39. The van der Waals surface area contributed by atoms with Gasteiger partial charge in [0.05, 0.1) is 6.61 Å². The van der Waals surface area contributed by atoms with Crippen molar-refractivity contribution in [3.05, 3.63) is 23.8 Å². The van der Waals surface area contributed by atoms with E-state index in [0.717, 1.165) is 24.8 Å². The van der Waals surface area contributed by atoms with Gasteiger partial charge in [-0.1, -0.05) is 32.9 Å². The normalized spacial score (nSPS) is 11.6. The Morgan fingerprint density at radius 1 is 1.11 bits per heavy atom. The fraction of sp³-hybridized carbons (Fsp3) is 0.625. The molecule has 0 aromatic heterocycles. The standard InChI is InChI=1S/C16H27NO2/c1-5-16(6-2,7-3)17-12-13-10-9-11-14(15(13)18)19-8-4/h9-11,17-18H,5-8,12H2,1-4H3. The molecular formula is C16H27NO2. The van der Waals surface area contributed by atoms with Crippen molar-refractivity contribution in [3.63, 3.8) is 0 Å². The fourth-order valence-corrected chi connectivity index (χ4v) is 2.39. The highest BCUT2D eigenvalue weighted by Crippen LogP contribution is 2.30. The predicted molar refractivity (Wildman–Crippen MR) is 79.7 cm³/mol. The summed E-state index contributed by atoms with van der Waals surface area (Å²) in [6.45, 7) is 9.76. The maximum atomic E-state index is 10.2. The van der Waals surface area contributed by atoms with E-state index in [1.54, 1.807) is 6.07 Å². The van der Waals surface area contributed by atoms with Gasteiger partial charge in [-0.3, -0.25) is 0 Å². The molecule has 1 aromatic carbocycles. The summed E-state index contributed by atoms with van der Waals surface area (Å²) in [5.74, 6) is 0.825. The van der Waals surface area contributed by atoms with Gasteiger partial charge in [-0.05, 0) is 32.3 Å². The van der Waals surface area contributed by atoms with Crippen LogP contribution in [0.2, 0.25) is 0 Å². The van der Waals surface area contributed by atoms with Gasteiger partial charge in [0.25, 0.3) is 0 Å². The Kier molecular flexibility index (Phi) is 6.16. The van der Waals surface area contributed by atoms with Crippen LogP contribution in [0, 0.1) is 0 Å². The lowest BCUT2D eigenvalue weighted by molar-refractivity contribution is 0.283. The highest BCUT2D eigenvalue weighted by atomic mass is 16.5. The van der Waals surface area contributed by atoms with Crippen molar-refractivity contribution in [1.82, 2.24) is 5.32 Å². The number of phenolic OH excluding ortho intramolecular Hbond substituents is 1. The molecule has 0 unspecified atom stereocenters. The second-order valence-corrected chi connectivity index (χ2v) is 4.89. The van der Waals surface area contributed by atoms with Crippen molar-refractivity contribution in [2.45, 2.75) is 59.0 Å². The number of hydrogen-bond acceptors (Lipinski definition) is 3. The Morgan fingerprint density at radius 2 is 1.74 bits per heavy atom. The van der Waals surface area contributed by atoms with Crippen LogP contribution in [0.4, 0.5) is 0 Å². The zero-order valence-corrected chi connectivity index (χ0v) is 12.6. The molecule has 108 valence electrons. The maximum Gasteiger partial charge on any atom is 0.162 e. The van der Waals surface area contributed by atoms with E-state index in [1.807, 2.05) is 19.1 Å². The number of rotatable bonds is 8. The first-order valence-corrected chi connectivity index (χ1v) is 7.31. The number of hydrogen-bond donors (Lipinski definition) is 2. The van der Waals surface area contributed by atoms with Crippen molar-refractivity contribution >= 4 is 0 Å². The number of aromatic hydroxyl groups is 1. The summed E-state index contributed by atoms with van der Waals surface area (Å²) in [5.41, 5.74) is 1.05. The van der Waals surface area contributed by atoms with Crippen molar-refractivity contribution in [3.8, 4) is 11.5 Å². The Balaban J connectivity index is 2.80. The van der Waals surface area contributed by atoms with Gasteiger partial charge >= 0.3 is 0 Å². The summed E-state index contributed by atoms with van der Waals surface area (Å²) in [4.78, 5) is 0. The van der Waals surface area contributed by atoms with E-state index >= 15 is 0 Å². The lowest BCUT2D eigenvalue weighted by Gasteiger charge is -2.32.